The molecular weight excluding hydrogens is 335 g/mol. The van der Waals surface area contributed by atoms with E-state index >= 15 is 0 Å². The number of hydrogen-bond acceptors (Lipinski definition) is 5. The fourth-order valence-electron chi connectivity index (χ4n) is 3.45. The van der Waals surface area contributed by atoms with E-state index < -0.39 is 0 Å². The summed E-state index contributed by atoms with van der Waals surface area (Å²) in [5.74, 6) is 1.74. The highest BCUT2D eigenvalue weighted by Gasteiger charge is 2.21. The van der Waals surface area contributed by atoms with Crippen molar-refractivity contribution in [1.82, 2.24) is 19.6 Å². The third kappa shape index (κ3) is 2.91. The van der Waals surface area contributed by atoms with Gasteiger partial charge in [-0.3, -0.25) is 4.98 Å². The van der Waals surface area contributed by atoms with Gasteiger partial charge in [0.05, 0.1) is 0 Å². The van der Waals surface area contributed by atoms with Gasteiger partial charge < -0.3 is 10.2 Å². The zero-order chi connectivity index (χ0) is 18.2. The molecule has 0 aliphatic carbocycles. The van der Waals surface area contributed by atoms with Crippen molar-refractivity contribution in [3.8, 4) is 0 Å². The van der Waals surface area contributed by atoms with Crippen molar-refractivity contribution in [2.24, 2.45) is 0 Å². The number of fused-ring (bicyclic) bond motifs is 2. The lowest BCUT2D eigenvalue weighted by Crippen LogP contribution is -2.19. The largest absolute Gasteiger partial charge is 0.366 e. The molecule has 130 valence electrons. The molecule has 0 saturated carbocycles. The smallest absolute Gasteiger partial charge is 0.152 e. The van der Waals surface area contributed by atoms with Gasteiger partial charge in [0.2, 0.25) is 0 Å². The zero-order valence-electron chi connectivity index (χ0n) is 14.7. The highest BCUT2D eigenvalue weighted by atomic mass is 15.3. The molecule has 0 unspecified atom stereocenters. The van der Waals surface area contributed by atoms with E-state index in [2.05, 4.69) is 44.6 Å². The maximum absolute atomic E-state index is 6.10. The van der Waals surface area contributed by atoms with E-state index in [1.165, 1.54) is 11.1 Å². The van der Waals surface area contributed by atoms with Gasteiger partial charge in [-0.15, -0.1) is 0 Å². The fraction of sp³-hybridized carbons (Fsp3) is 0.150. The average Bonchev–Trinajstić information content (AvgIpc) is 3.31. The second kappa shape index (κ2) is 6.43. The second-order valence-corrected chi connectivity index (χ2v) is 6.67. The second-order valence-electron chi connectivity index (χ2n) is 6.67. The van der Waals surface area contributed by atoms with Crippen LogP contribution in [-0.4, -0.2) is 27.4 Å². The lowest BCUT2D eigenvalue weighted by Gasteiger charge is -2.19. The van der Waals surface area contributed by atoms with Crippen LogP contribution in [0.5, 0.6) is 0 Å². The minimum absolute atomic E-state index is 0.568. The van der Waals surface area contributed by atoms with Crippen molar-refractivity contribution >= 4 is 30.6 Å². The molecule has 5 rings (SSSR count). The summed E-state index contributed by atoms with van der Waals surface area (Å²) in [6.07, 6.45) is 5.26. The Morgan fingerprint density at radius 1 is 1.04 bits per heavy atom. The minimum Gasteiger partial charge on any atom is -0.366 e. The van der Waals surface area contributed by atoms with Crippen LogP contribution >= 0.6 is 0 Å². The highest BCUT2D eigenvalue weighted by Crippen LogP contribution is 2.28. The Morgan fingerprint density at radius 3 is 2.59 bits per heavy atom. The Hall–Kier alpha value is -3.35. The van der Waals surface area contributed by atoms with Crippen molar-refractivity contribution in [3.63, 3.8) is 0 Å². The molecule has 3 aromatic heterocycles. The van der Waals surface area contributed by atoms with Gasteiger partial charge in [-0.1, -0.05) is 30.3 Å². The van der Waals surface area contributed by atoms with Crippen molar-refractivity contribution in [1.29, 1.82) is 0 Å². The number of nitrogens with one attached hydrogen (secondary N) is 1. The van der Waals surface area contributed by atoms with Gasteiger partial charge in [0.25, 0.3) is 0 Å². The fourth-order valence-corrected chi connectivity index (χ4v) is 3.45. The predicted molar refractivity (Wildman–Crippen MR) is 106 cm³/mol. The average molecular weight is 352 g/mol. The van der Waals surface area contributed by atoms with E-state index in [-0.39, 0.29) is 0 Å². The first-order valence-electron chi connectivity index (χ1n) is 8.87. The van der Waals surface area contributed by atoms with E-state index in [1.54, 1.807) is 16.9 Å². The molecule has 0 spiro atoms. The van der Waals surface area contributed by atoms with Gasteiger partial charge >= 0.3 is 0 Å². The molecular formula is C20H17BN6. The van der Waals surface area contributed by atoms with Crippen LogP contribution in [0.1, 0.15) is 16.7 Å². The van der Waals surface area contributed by atoms with E-state index in [0.717, 1.165) is 30.3 Å². The molecule has 27 heavy (non-hydrogen) atoms. The van der Waals surface area contributed by atoms with Gasteiger partial charge in [0.15, 0.2) is 5.65 Å². The summed E-state index contributed by atoms with van der Waals surface area (Å²) in [5, 5.41) is 7.81. The van der Waals surface area contributed by atoms with Crippen LogP contribution in [0.4, 0.5) is 11.6 Å². The van der Waals surface area contributed by atoms with Crippen LogP contribution < -0.4 is 15.7 Å². The quantitative estimate of drug-likeness (QED) is 0.570. The topological polar surface area (TPSA) is 58.4 Å². The zero-order valence-corrected chi connectivity index (χ0v) is 14.7. The Balaban J connectivity index is 1.49. The summed E-state index contributed by atoms with van der Waals surface area (Å²) in [6, 6.07) is 14.5. The molecule has 0 fully saturated rings. The highest BCUT2D eigenvalue weighted by molar-refractivity contribution is 6.36. The maximum Gasteiger partial charge on any atom is 0.152 e. The number of aromatic nitrogens is 4. The van der Waals surface area contributed by atoms with Gasteiger partial charge in [0, 0.05) is 44.3 Å². The molecule has 4 aromatic rings. The Kier molecular flexibility index (Phi) is 3.78. The number of benzene rings is 1. The Bertz CT molecular complexity index is 1080. The summed E-state index contributed by atoms with van der Waals surface area (Å²) in [5.41, 5.74) is 5.00. The van der Waals surface area contributed by atoms with Gasteiger partial charge in [-0.2, -0.15) is 9.61 Å². The van der Waals surface area contributed by atoms with Crippen LogP contribution in [0.2, 0.25) is 0 Å². The van der Waals surface area contributed by atoms with Crippen LogP contribution in [-0.2, 0) is 19.6 Å². The number of pyridine rings is 1. The molecule has 6 nitrogen and oxygen atoms in total. The van der Waals surface area contributed by atoms with Crippen LogP contribution in [0.15, 0.2) is 61.1 Å². The minimum atomic E-state index is 0.568. The predicted octanol–water partition coefficient (Wildman–Crippen LogP) is 2.05. The Morgan fingerprint density at radius 2 is 1.85 bits per heavy atom. The van der Waals surface area contributed by atoms with Gasteiger partial charge in [0.1, 0.15) is 19.5 Å². The van der Waals surface area contributed by atoms with E-state index in [4.69, 9.17) is 12.8 Å². The summed E-state index contributed by atoms with van der Waals surface area (Å²) >= 11 is 0. The van der Waals surface area contributed by atoms with Crippen LogP contribution in [0, 0.1) is 0 Å². The van der Waals surface area contributed by atoms with Crippen LogP contribution in [0.25, 0.3) is 5.65 Å². The first-order valence-corrected chi connectivity index (χ1v) is 8.87. The van der Waals surface area contributed by atoms with Crippen molar-refractivity contribution in [3.05, 3.63) is 77.7 Å². The maximum atomic E-state index is 6.10. The normalized spacial score (nSPS) is 13.1. The third-order valence-corrected chi connectivity index (χ3v) is 4.85. The molecule has 1 aliphatic rings. The number of hydrogen-bond donors (Lipinski definition) is 1. The molecule has 0 saturated heterocycles. The number of anilines is 2. The lowest BCUT2D eigenvalue weighted by atomic mass is 10.0. The molecule has 1 aromatic carbocycles. The third-order valence-electron chi connectivity index (χ3n) is 4.85. The molecule has 0 amide bonds. The molecule has 0 bridgehead atoms. The monoisotopic (exact) mass is 352 g/mol. The summed E-state index contributed by atoms with van der Waals surface area (Å²) < 4.78 is 1.75. The van der Waals surface area contributed by atoms with E-state index in [1.807, 2.05) is 24.4 Å². The summed E-state index contributed by atoms with van der Waals surface area (Å²) in [6.45, 7) is 2.33. The van der Waals surface area contributed by atoms with E-state index in [9.17, 15) is 0 Å². The molecule has 1 N–H and O–H groups in total. The van der Waals surface area contributed by atoms with Crippen LogP contribution in [0.3, 0.4) is 0 Å². The standard InChI is InChI=1S/C20H17BN6/c21-17-11-24-27-18(23-10-14-4-3-7-22-9-14)8-19(25-20(17)27)26-12-15-5-1-2-6-16(15)13-26/h1-9,11,23H,10,12-13H2. The molecule has 1 aliphatic heterocycles. The van der Waals surface area contributed by atoms with Crippen molar-refractivity contribution < 1.29 is 0 Å². The first-order chi connectivity index (χ1) is 13.3. The lowest BCUT2D eigenvalue weighted by molar-refractivity contribution is 0.844. The molecule has 7 heteroatoms. The van der Waals surface area contributed by atoms with Gasteiger partial charge in [-0.05, 0) is 28.2 Å². The van der Waals surface area contributed by atoms with Gasteiger partial charge in [-0.25, -0.2) is 4.98 Å². The SMILES string of the molecule is [B]c1cnn2c(NCc3cccnc3)cc(N3Cc4ccccc4C3)nc12. The molecule has 0 atom stereocenters. The molecule has 4 heterocycles. The molecule has 2 radical (unpaired) electrons. The summed E-state index contributed by atoms with van der Waals surface area (Å²) in [7, 11) is 6.10. The van der Waals surface area contributed by atoms with Crippen molar-refractivity contribution in [2.75, 3.05) is 10.2 Å². The van der Waals surface area contributed by atoms with Crippen molar-refractivity contribution in [2.45, 2.75) is 19.6 Å². The Labute approximate surface area is 158 Å². The number of nitrogens with zero attached hydrogens (tertiary/aromatic N) is 5. The first kappa shape index (κ1) is 15.9. The number of rotatable bonds is 4. The summed E-state index contributed by atoms with van der Waals surface area (Å²) in [4.78, 5) is 11.2. The van der Waals surface area contributed by atoms with E-state index in [0.29, 0.717) is 17.7 Å².